The number of carbonyl (C=O) groups excluding carboxylic acids is 1. The van der Waals surface area contributed by atoms with Gasteiger partial charge in [-0.1, -0.05) is 68.8 Å². The highest BCUT2D eigenvalue weighted by molar-refractivity contribution is 7.87. The summed E-state index contributed by atoms with van der Waals surface area (Å²) in [4.78, 5) is 19.7. The van der Waals surface area contributed by atoms with E-state index in [0.717, 1.165) is 68.1 Å². The van der Waals surface area contributed by atoms with Crippen LogP contribution in [0.4, 0.5) is 0 Å². The average molecular weight is 631 g/mol. The molecule has 0 bridgehead atoms. The minimum atomic E-state index is -3.99. The first-order valence-electron chi connectivity index (χ1n) is 14.9. The topological polar surface area (TPSA) is 87.5 Å². The maximum atomic E-state index is 13.5. The van der Waals surface area contributed by atoms with Crippen LogP contribution in [0.1, 0.15) is 63.8 Å². The molecule has 0 amide bonds. The van der Waals surface area contributed by atoms with Gasteiger partial charge in [0.05, 0.1) is 29.6 Å². The van der Waals surface area contributed by atoms with Crippen molar-refractivity contribution in [1.82, 2.24) is 9.55 Å². The van der Waals surface area contributed by atoms with E-state index < -0.39 is 21.7 Å². The fourth-order valence-electron chi connectivity index (χ4n) is 5.29. The third kappa shape index (κ3) is 7.29. The third-order valence-electron chi connectivity index (χ3n) is 7.60. The molecule has 230 valence electrons. The Labute approximate surface area is 263 Å². The number of imidazole rings is 1. The number of ether oxygens (including phenoxy) is 1. The molecule has 0 fully saturated rings. The molecular formula is C35H38N2O5S2. The Kier molecular flexibility index (Phi) is 9.98. The number of Topliss-reactive ketones (excluding diaryl/α,β-unsaturated/α-hetero) is 1. The van der Waals surface area contributed by atoms with Crippen LogP contribution in [0.25, 0.3) is 22.2 Å². The molecule has 0 aliphatic carbocycles. The molecule has 2 heterocycles. The summed E-state index contributed by atoms with van der Waals surface area (Å²) in [5.41, 5.74) is 7.03. The molecule has 0 spiro atoms. The monoisotopic (exact) mass is 630 g/mol. The lowest BCUT2D eigenvalue weighted by atomic mass is 10.0. The minimum Gasteiger partial charge on any atom is -0.497 e. The van der Waals surface area contributed by atoms with Crippen molar-refractivity contribution >= 4 is 38.3 Å². The maximum absolute atomic E-state index is 13.5. The van der Waals surface area contributed by atoms with Crippen molar-refractivity contribution in [2.75, 3.05) is 19.5 Å². The van der Waals surface area contributed by atoms with Gasteiger partial charge in [0, 0.05) is 29.8 Å². The van der Waals surface area contributed by atoms with E-state index in [0.29, 0.717) is 24.3 Å². The van der Waals surface area contributed by atoms with Gasteiger partial charge in [0.25, 0.3) is 10.1 Å². The van der Waals surface area contributed by atoms with E-state index in [1.54, 1.807) is 7.11 Å². The lowest BCUT2D eigenvalue weighted by molar-refractivity contribution is 0.102. The number of methoxy groups -OCH3 is 1. The number of ketones is 1. The van der Waals surface area contributed by atoms with Crippen molar-refractivity contribution in [3.05, 3.63) is 105 Å². The minimum absolute atomic E-state index is 0.0808. The Morgan fingerprint density at radius 2 is 1.75 bits per heavy atom. The Morgan fingerprint density at radius 3 is 2.48 bits per heavy atom. The summed E-state index contributed by atoms with van der Waals surface area (Å²) >= 11 is 1.33. The Hall–Kier alpha value is -3.79. The highest BCUT2D eigenvalue weighted by atomic mass is 32.2. The first kappa shape index (κ1) is 31.6. The van der Waals surface area contributed by atoms with E-state index in [1.807, 2.05) is 49.4 Å². The SMILES string of the molecule is CCCCOS(=O)(=O)CC(=O)c1sc(Cc2cccc(OC)c2)cc1-c1ccc(Cn2c(CC)nc3c(C)cccc32)cc1. The summed E-state index contributed by atoms with van der Waals surface area (Å²) in [5.74, 6) is 0.644. The molecule has 5 aromatic rings. The van der Waals surface area contributed by atoms with Crippen LogP contribution in [0, 0.1) is 6.92 Å². The fraction of sp³-hybridized carbons (Fsp3) is 0.314. The van der Waals surface area contributed by atoms with Gasteiger partial charge in [-0.2, -0.15) is 8.42 Å². The van der Waals surface area contributed by atoms with Crippen molar-refractivity contribution in [3.63, 3.8) is 0 Å². The van der Waals surface area contributed by atoms with E-state index in [1.165, 1.54) is 11.3 Å². The summed E-state index contributed by atoms with van der Waals surface area (Å²) in [6, 6.07) is 24.2. The van der Waals surface area contributed by atoms with E-state index in [-0.39, 0.29) is 6.61 Å². The van der Waals surface area contributed by atoms with Crippen molar-refractivity contribution in [1.29, 1.82) is 0 Å². The summed E-state index contributed by atoms with van der Waals surface area (Å²) < 4.78 is 37.9. The molecule has 0 aliphatic rings. The van der Waals surface area contributed by atoms with Gasteiger partial charge < -0.3 is 9.30 Å². The number of nitrogens with zero attached hydrogens (tertiary/aromatic N) is 2. The molecule has 2 aromatic heterocycles. The number of benzene rings is 3. The molecule has 44 heavy (non-hydrogen) atoms. The van der Waals surface area contributed by atoms with Crippen molar-refractivity contribution in [3.8, 4) is 16.9 Å². The lowest BCUT2D eigenvalue weighted by Crippen LogP contribution is -2.19. The molecule has 3 aromatic carbocycles. The molecule has 0 saturated carbocycles. The maximum Gasteiger partial charge on any atom is 0.274 e. The zero-order valence-corrected chi connectivity index (χ0v) is 27.3. The van der Waals surface area contributed by atoms with Gasteiger partial charge in [0.1, 0.15) is 17.3 Å². The van der Waals surface area contributed by atoms with Crippen LogP contribution in [0.2, 0.25) is 0 Å². The Balaban J connectivity index is 1.45. The zero-order valence-electron chi connectivity index (χ0n) is 25.6. The number of para-hydroxylation sites is 1. The number of thiophene rings is 1. The standard InChI is InChI=1S/C35H38N2O5S2/c1-5-7-18-42-44(39,40)23-32(38)35-30(21-29(43-35)20-26-11-9-12-28(19-26)41-4)27-16-14-25(15-17-27)22-37-31-13-8-10-24(3)34(31)36-33(37)6-2/h8-17,19,21H,5-7,18,20,22-23H2,1-4H3. The van der Waals surface area contributed by atoms with E-state index in [2.05, 4.69) is 48.7 Å². The predicted octanol–water partition coefficient (Wildman–Crippen LogP) is 7.61. The van der Waals surface area contributed by atoms with Crippen LogP contribution in [-0.2, 0) is 33.7 Å². The van der Waals surface area contributed by atoms with Gasteiger partial charge >= 0.3 is 0 Å². The number of fused-ring (bicyclic) bond motifs is 1. The lowest BCUT2D eigenvalue weighted by Gasteiger charge is -2.10. The largest absolute Gasteiger partial charge is 0.497 e. The number of rotatable bonds is 14. The smallest absolute Gasteiger partial charge is 0.274 e. The van der Waals surface area contributed by atoms with Crippen LogP contribution in [0.3, 0.4) is 0 Å². The number of aryl methyl sites for hydroxylation is 2. The van der Waals surface area contributed by atoms with Gasteiger partial charge in [-0.05, 0) is 59.9 Å². The Morgan fingerprint density at radius 1 is 0.977 bits per heavy atom. The average Bonchev–Trinajstić information content (AvgIpc) is 3.60. The van der Waals surface area contributed by atoms with Gasteiger partial charge in [-0.15, -0.1) is 11.3 Å². The second-order valence-corrected chi connectivity index (χ2v) is 13.7. The first-order valence-corrected chi connectivity index (χ1v) is 17.3. The molecular weight excluding hydrogens is 593 g/mol. The number of unbranched alkanes of at least 4 members (excludes halogenated alkanes) is 1. The zero-order chi connectivity index (χ0) is 31.3. The van der Waals surface area contributed by atoms with Crippen molar-refractivity contribution < 1.29 is 22.1 Å². The van der Waals surface area contributed by atoms with E-state index >= 15 is 0 Å². The van der Waals surface area contributed by atoms with Crippen LogP contribution in [0.15, 0.2) is 72.8 Å². The second kappa shape index (κ2) is 13.9. The molecule has 9 heteroatoms. The van der Waals surface area contributed by atoms with Gasteiger partial charge in [-0.3, -0.25) is 8.98 Å². The van der Waals surface area contributed by atoms with E-state index in [9.17, 15) is 13.2 Å². The van der Waals surface area contributed by atoms with Crippen LogP contribution >= 0.6 is 11.3 Å². The highest BCUT2D eigenvalue weighted by Gasteiger charge is 2.24. The number of aromatic nitrogens is 2. The summed E-state index contributed by atoms with van der Waals surface area (Å²) in [6.07, 6.45) is 2.84. The summed E-state index contributed by atoms with van der Waals surface area (Å²) in [7, 11) is -2.36. The normalized spacial score (nSPS) is 11.7. The quantitative estimate of drug-likeness (QED) is 0.0713. The molecule has 0 saturated heterocycles. The number of hydrogen-bond donors (Lipinski definition) is 0. The van der Waals surface area contributed by atoms with Crippen molar-refractivity contribution in [2.45, 2.75) is 53.0 Å². The molecule has 0 aliphatic heterocycles. The van der Waals surface area contributed by atoms with Crippen LogP contribution in [-0.4, -0.2) is 43.2 Å². The molecule has 5 rings (SSSR count). The van der Waals surface area contributed by atoms with Crippen LogP contribution in [0.5, 0.6) is 5.75 Å². The molecule has 7 nitrogen and oxygen atoms in total. The summed E-state index contributed by atoms with van der Waals surface area (Å²) in [6.45, 7) is 6.91. The molecule has 0 N–H and O–H groups in total. The van der Waals surface area contributed by atoms with E-state index in [4.69, 9.17) is 13.9 Å². The number of carbonyl (C=O) groups is 1. The molecule has 0 unspecified atom stereocenters. The predicted molar refractivity (Wildman–Crippen MR) is 177 cm³/mol. The Bertz CT molecular complexity index is 1870. The third-order valence-corrected chi connectivity index (χ3v) is 9.92. The van der Waals surface area contributed by atoms with Gasteiger partial charge in [0.2, 0.25) is 0 Å². The van der Waals surface area contributed by atoms with Gasteiger partial charge in [0.15, 0.2) is 5.78 Å². The first-order chi connectivity index (χ1) is 21.2. The van der Waals surface area contributed by atoms with Crippen molar-refractivity contribution in [2.24, 2.45) is 0 Å². The molecule has 0 atom stereocenters. The molecule has 0 radical (unpaired) electrons. The van der Waals surface area contributed by atoms with Gasteiger partial charge in [-0.25, -0.2) is 4.98 Å². The second-order valence-electron chi connectivity index (χ2n) is 10.9. The number of hydrogen-bond acceptors (Lipinski definition) is 7. The highest BCUT2D eigenvalue weighted by Crippen LogP contribution is 2.34. The summed E-state index contributed by atoms with van der Waals surface area (Å²) in [5, 5.41) is 0. The van der Waals surface area contributed by atoms with Crippen LogP contribution < -0.4 is 4.74 Å². The fourth-order valence-corrected chi connectivity index (χ4v) is 7.45.